The van der Waals surface area contributed by atoms with E-state index < -0.39 is 16.1 Å². The molecular weight excluding hydrogens is 492 g/mol. The summed E-state index contributed by atoms with van der Waals surface area (Å²) in [6, 6.07) is 18.0. The van der Waals surface area contributed by atoms with Crippen molar-refractivity contribution >= 4 is 38.5 Å². The quantitative estimate of drug-likeness (QED) is 0.236. The highest BCUT2D eigenvalue weighted by atomic mass is 32.2. The Hall–Kier alpha value is -3.76. The van der Waals surface area contributed by atoms with Crippen LogP contribution in [0.15, 0.2) is 71.6 Å². The van der Waals surface area contributed by atoms with Crippen molar-refractivity contribution in [1.29, 1.82) is 5.41 Å². The molecule has 37 heavy (non-hydrogen) atoms. The first-order valence-corrected chi connectivity index (χ1v) is 13.5. The number of esters is 1. The van der Waals surface area contributed by atoms with Gasteiger partial charge in [0.25, 0.3) is 0 Å². The van der Waals surface area contributed by atoms with Crippen LogP contribution in [0.2, 0.25) is 0 Å². The summed E-state index contributed by atoms with van der Waals surface area (Å²) < 4.78 is 34.3. The number of rotatable bonds is 8. The van der Waals surface area contributed by atoms with E-state index in [9.17, 15) is 18.0 Å². The van der Waals surface area contributed by atoms with Crippen LogP contribution in [0.5, 0.6) is 0 Å². The number of hydrogen-bond donors (Lipinski definition) is 3. The van der Waals surface area contributed by atoms with E-state index in [-0.39, 0.29) is 34.9 Å². The van der Waals surface area contributed by atoms with Gasteiger partial charge in [-0.15, -0.1) is 0 Å². The maximum atomic E-state index is 13.6. The molecular formula is C27H30N4O5S. The number of nitrogens with zero attached hydrogens (tertiary/aromatic N) is 1. The van der Waals surface area contributed by atoms with Crippen molar-refractivity contribution in [2.45, 2.75) is 30.2 Å². The predicted molar refractivity (Wildman–Crippen MR) is 141 cm³/mol. The largest absolute Gasteiger partial charge is 0.469 e. The second-order valence-electron chi connectivity index (χ2n) is 9.12. The summed E-state index contributed by atoms with van der Waals surface area (Å²) >= 11 is 0. The van der Waals surface area contributed by atoms with Crippen molar-refractivity contribution in [2.24, 2.45) is 11.7 Å². The minimum Gasteiger partial charge on any atom is -0.469 e. The van der Waals surface area contributed by atoms with Gasteiger partial charge in [0.15, 0.2) is 0 Å². The van der Waals surface area contributed by atoms with Gasteiger partial charge in [0.05, 0.1) is 17.9 Å². The number of nitrogens with two attached hydrogens (primary N) is 1. The molecule has 10 heteroatoms. The minimum absolute atomic E-state index is 0.0610. The van der Waals surface area contributed by atoms with Crippen LogP contribution in [0.1, 0.15) is 24.0 Å². The number of carbonyl (C=O) groups excluding carboxylic acids is 2. The topological polar surface area (TPSA) is 143 Å². The number of amidine groups is 1. The number of nitrogen functional groups attached to an aromatic ring is 1. The zero-order valence-corrected chi connectivity index (χ0v) is 21.3. The van der Waals surface area contributed by atoms with Crippen LogP contribution in [0, 0.1) is 11.3 Å². The average Bonchev–Trinajstić information content (AvgIpc) is 2.91. The van der Waals surface area contributed by atoms with Crippen LogP contribution in [0.3, 0.4) is 0 Å². The molecule has 1 aliphatic heterocycles. The Balaban J connectivity index is 1.61. The zero-order chi connectivity index (χ0) is 26.6. The summed E-state index contributed by atoms with van der Waals surface area (Å²) in [4.78, 5) is 27.1. The maximum Gasteiger partial charge on any atom is 0.308 e. The Morgan fingerprint density at radius 2 is 1.76 bits per heavy atom. The van der Waals surface area contributed by atoms with Gasteiger partial charge in [0.1, 0.15) is 11.9 Å². The third-order valence-corrected chi connectivity index (χ3v) is 8.12. The van der Waals surface area contributed by atoms with Gasteiger partial charge in [-0.05, 0) is 53.8 Å². The van der Waals surface area contributed by atoms with Crippen LogP contribution in [-0.4, -0.2) is 57.3 Å². The lowest BCUT2D eigenvalue weighted by atomic mass is 9.96. The SMILES string of the molecule is COC(=O)C1CCN(C(=O)[C@@H](Cc2cccc(C(=N)N)c2)NS(=O)(=O)c2ccc3ccccc3c2)CC1. The molecule has 4 rings (SSSR count). The fourth-order valence-electron chi connectivity index (χ4n) is 4.59. The molecule has 0 saturated carbocycles. The lowest BCUT2D eigenvalue weighted by Crippen LogP contribution is -2.52. The first-order chi connectivity index (χ1) is 17.7. The van der Waals surface area contributed by atoms with E-state index in [2.05, 4.69) is 4.72 Å². The second-order valence-corrected chi connectivity index (χ2v) is 10.8. The fourth-order valence-corrected chi connectivity index (χ4v) is 5.82. The molecule has 1 aliphatic rings. The van der Waals surface area contributed by atoms with Crippen LogP contribution in [0.25, 0.3) is 10.8 Å². The van der Waals surface area contributed by atoms with Crippen molar-refractivity contribution in [3.8, 4) is 0 Å². The minimum atomic E-state index is -4.05. The number of nitrogens with one attached hydrogen (secondary N) is 2. The van der Waals surface area contributed by atoms with Crippen LogP contribution in [0.4, 0.5) is 0 Å². The Morgan fingerprint density at radius 3 is 2.43 bits per heavy atom. The highest BCUT2D eigenvalue weighted by Gasteiger charge is 2.33. The number of benzene rings is 3. The van der Waals surface area contributed by atoms with Crippen molar-refractivity contribution < 1.29 is 22.7 Å². The number of carbonyl (C=O) groups is 2. The molecule has 0 unspecified atom stereocenters. The van der Waals surface area contributed by atoms with Gasteiger partial charge in [0.2, 0.25) is 15.9 Å². The van der Waals surface area contributed by atoms with Gasteiger partial charge in [0, 0.05) is 18.7 Å². The van der Waals surface area contributed by atoms with Crippen LogP contribution in [-0.2, 0) is 30.8 Å². The van der Waals surface area contributed by atoms with Gasteiger partial charge in [-0.25, -0.2) is 8.42 Å². The number of piperidine rings is 1. The third kappa shape index (κ3) is 6.15. The summed E-state index contributed by atoms with van der Waals surface area (Å²) in [6.45, 7) is 0.639. The Labute approximate surface area is 216 Å². The van der Waals surface area contributed by atoms with Gasteiger partial charge in [-0.2, -0.15) is 4.72 Å². The van der Waals surface area contributed by atoms with E-state index in [1.54, 1.807) is 41.3 Å². The van der Waals surface area contributed by atoms with E-state index in [0.717, 1.165) is 10.8 Å². The Bertz CT molecular complexity index is 1430. The Kier molecular flexibility index (Phi) is 7.89. The third-order valence-electron chi connectivity index (χ3n) is 6.65. The summed E-state index contributed by atoms with van der Waals surface area (Å²) in [6.07, 6.45) is 0.967. The molecule has 194 valence electrons. The van der Waals surface area contributed by atoms with Crippen molar-refractivity contribution in [3.63, 3.8) is 0 Å². The van der Waals surface area contributed by atoms with Crippen molar-refractivity contribution in [1.82, 2.24) is 9.62 Å². The smallest absolute Gasteiger partial charge is 0.308 e. The van der Waals surface area contributed by atoms with Crippen LogP contribution < -0.4 is 10.5 Å². The summed E-state index contributed by atoms with van der Waals surface area (Å²) in [5.41, 5.74) is 6.77. The molecule has 0 bridgehead atoms. The first-order valence-electron chi connectivity index (χ1n) is 12.0. The van der Waals surface area contributed by atoms with Gasteiger partial charge in [-0.3, -0.25) is 15.0 Å². The van der Waals surface area contributed by atoms with Gasteiger partial charge in [-0.1, -0.05) is 48.5 Å². The molecule has 1 heterocycles. The lowest BCUT2D eigenvalue weighted by molar-refractivity contribution is -0.149. The van der Waals surface area contributed by atoms with E-state index in [4.69, 9.17) is 15.9 Å². The molecule has 0 spiro atoms. The molecule has 9 nitrogen and oxygen atoms in total. The molecule has 0 radical (unpaired) electrons. The second kappa shape index (κ2) is 11.1. The monoisotopic (exact) mass is 522 g/mol. The van der Waals surface area contributed by atoms with Gasteiger partial charge >= 0.3 is 5.97 Å². The summed E-state index contributed by atoms with van der Waals surface area (Å²) in [5, 5.41) is 9.38. The molecule has 3 aromatic carbocycles. The first kappa shape index (κ1) is 26.3. The Morgan fingerprint density at radius 1 is 1.05 bits per heavy atom. The molecule has 1 atom stereocenters. The predicted octanol–water partition coefficient (Wildman–Crippen LogP) is 2.43. The highest BCUT2D eigenvalue weighted by molar-refractivity contribution is 7.89. The van der Waals surface area contributed by atoms with Crippen molar-refractivity contribution in [3.05, 3.63) is 77.9 Å². The molecule has 1 saturated heterocycles. The van der Waals surface area contributed by atoms with Crippen LogP contribution >= 0.6 is 0 Å². The average molecular weight is 523 g/mol. The van der Waals surface area contributed by atoms with E-state index in [0.29, 0.717) is 37.1 Å². The van der Waals surface area contributed by atoms with Crippen molar-refractivity contribution in [2.75, 3.05) is 20.2 Å². The number of ether oxygens (including phenoxy) is 1. The molecule has 4 N–H and O–H groups in total. The summed E-state index contributed by atoms with van der Waals surface area (Å²) in [7, 11) is -2.71. The maximum absolute atomic E-state index is 13.6. The van der Waals surface area contributed by atoms with E-state index in [1.165, 1.54) is 13.2 Å². The fraction of sp³-hybridized carbons (Fsp3) is 0.296. The molecule has 1 amide bonds. The number of sulfonamides is 1. The van der Waals surface area contributed by atoms with Gasteiger partial charge < -0.3 is 15.4 Å². The highest BCUT2D eigenvalue weighted by Crippen LogP contribution is 2.22. The zero-order valence-electron chi connectivity index (χ0n) is 20.5. The molecule has 0 aromatic heterocycles. The summed E-state index contributed by atoms with van der Waals surface area (Å²) in [5.74, 6) is -1.08. The number of fused-ring (bicyclic) bond motifs is 1. The number of hydrogen-bond acceptors (Lipinski definition) is 6. The molecule has 3 aromatic rings. The molecule has 0 aliphatic carbocycles. The normalized spacial score (nSPS) is 15.3. The standard InChI is InChI=1S/C27H30N4O5S/c1-36-27(33)20-11-13-31(14-12-20)26(32)24(16-18-5-4-8-22(15-18)25(28)29)30-37(34,35)23-10-9-19-6-2-3-7-21(19)17-23/h2-10,15,17,20,24,30H,11-14,16H2,1H3,(H3,28,29)/t24-/m1/s1. The van der Waals surface area contributed by atoms with E-state index in [1.807, 2.05) is 24.3 Å². The number of likely N-dealkylation sites (tertiary alicyclic amines) is 1. The number of amides is 1. The van der Waals surface area contributed by atoms with E-state index >= 15 is 0 Å². The molecule has 1 fully saturated rings. The number of methoxy groups -OCH3 is 1. The lowest BCUT2D eigenvalue weighted by Gasteiger charge is -2.33.